The van der Waals surface area contributed by atoms with Gasteiger partial charge in [-0.05, 0) is 23.3 Å². The molecule has 140 valence electrons. The van der Waals surface area contributed by atoms with Gasteiger partial charge < -0.3 is 15.7 Å². The van der Waals surface area contributed by atoms with Crippen LogP contribution in [0.15, 0.2) is 48.5 Å². The van der Waals surface area contributed by atoms with Crippen LogP contribution in [-0.2, 0) is 4.79 Å². The standard InChI is InChI=1S/C20H22N4O3/c21-19(22)16-5-1-14(2-6-16)15-3-7-17(8-4-15)20(27)24-11-9-23(10-12-24)13-18(25)26/h1-8H,9-13H2,(H3,21,22)(H,25,26). The van der Waals surface area contributed by atoms with Gasteiger partial charge in [-0.25, -0.2) is 0 Å². The second-order valence-electron chi connectivity index (χ2n) is 6.53. The number of amides is 1. The van der Waals surface area contributed by atoms with Gasteiger partial charge in [-0.15, -0.1) is 0 Å². The summed E-state index contributed by atoms with van der Waals surface area (Å²) in [6.45, 7) is 2.21. The Hall–Kier alpha value is -3.19. The molecule has 0 saturated carbocycles. The summed E-state index contributed by atoms with van der Waals surface area (Å²) < 4.78 is 0. The molecule has 7 nitrogen and oxygen atoms in total. The second kappa shape index (κ2) is 8.01. The van der Waals surface area contributed by atoms with E-state index in [0.717, 1.165) is 11.1 Å². The maximum Gasteiger partial charge on any atom is 0.317 e. The zero-order chi connectivity index (χ0) is 19.4. The molecule has 0 spiro atoms. The second-order valence-corrected chi connectivity index (χ2v) is 6.53. The molecule has 0 bridgehead atoms. The van der Waals surface area contributed by atoms with Gasteiger partial charge in [0.15, 0.2) is 0 Å². The zero-order valence-corrected chi connectivity index (χ0v) is 14.9. The lowest BCUT2D eigenvalue weighted by atomic mass is 10.0. The first kappa shape index (κ1) is 18.6. The van der Waals surface area contributed by atoms with Crippen LogP contribution in [0.5, 0.6) is 0 Å². The molecule has 0 radical (unpaired) electrons. The highest BCUT2D eigenvalue weighted by molar-refractivity contribution is 5.96. The third kappa shape index (κ3) is 4.51. The van der Waals surface area contributed by atoms with E-state index in [1.807, 2.05) is 29.2 Å². The zero-order valence-electron chi connectivity index (χ0n) is 14.9. The molecule has 3 rings (SSSR count). The van der Waals surface area contributed by atoms with E-state index >= 15 is 0 Å². The van der Waals surface area contributed by atoms with E-state index in [2.05, 4.69) is 0 Å². The van der Waals surface area contributed by atoms with Crippen molar-refractivity contribution in [3.05, 3.63) is 59.7 Å². The number of carboxylic acid groups (broad SMARTS) is 1. The minimum absolute atomic E-state index is 0.0130. The third-order valence-corrected chi connectivity index (χ3v) is 4.68. The van der Waals surface area contributed by atoms with Crippen molar-refractivity contribution in [3.63, 3.8) is 0 Å². The van der Waals surface area contributed by atoms with Crippen LogP contribution in [0.4, 0.5) is 0 Å². The summed E-state index contributed by atoms with van der Waals surface area (Å²) in [4.78, 5) is 27.0. The molecule has 1 heterocycles. The number of piperazine rings is 1. The van der Waals surface area contributed by atoms with Crippen molar-refractivity contribution in [1.82, 2.24) is 9.80 Å². The molecule has 2 aromatic carbocycles. The first-order valence-electron chi connectivity index (χ1n) is 8.72. The van der Waals surface area contributed by atoms with Crippen molar-refractivity contribution in [2.24, 2.45) is 5.73 Å². The fraction of sp³-hybridized carbons (Fsp3) is 0.250. The van der Waals surface area contributed by atoms with Crippen LogP contribution in [0, 0.1) is 5.41 Å². The van der Waals surface area contributed by atoms with Crippen LogP contribution in [0.1, 0.15) is 15.9 Å². The fourth-order valence-electron chi connectivity index (χ4n) is 3.13. The fourth-order valence-corrected chi connectivity index (χ4v) is 3.13. The SMILES string of the molecule is N=C(N)c1ccc(-c2ccc(C(=O)N3CCN(CC(=O)O)CC3)cc2)cc1. The van der Waals surface area contributed by atoms with Gasteiger partial charge in [0.2, 0.25) is 0 Å². The van der Waals surface area contributed by atoms with Crippen LogP contribution in [-0.4, -0.2) is 65.3 Å². The number of carbonyl (C=O) groups excluding carboxylic acids is 1. The number of carbonyl (C=O) groups is 2. The van der Waals surface area contributed by atoms with Gasteiger partial charge >= 0.3 is 5.97 Å². The van der Waals surface area contributed by atoms with Crippen LogP contribution < -0.4 is 5.73 Å². The molecule has 1 amide bonds. The van der Waals surface area contributed by atoms with Gasteiger partial charge in [0.05, 0.1) is 6.54 Å². The van der Waals surface area contributed by atoms with Crippen LogP contribution >= 0.6 is 0 Å². The molecule has 1 fully saturated rings. The largest absolute Gasteiger partial charge is 0.480 e. The molecule has 1 aliphatic rings. The van der Waals surface area contributed by atoms with Crippen LogP contribution in [0.2, 0.25) is 0 Å². The number of hydrogen-bond donors (Lipinski definition) is 3. The molecule has 0 aliphatic carbocycles. The highest BCUT2D eigenvalue weighted by Gasteiger charge is 2.23. The smallest absolute Gasteiger partial charge is 0.317 e. The highest BCUT2D eigenvalue weighted by atomic mass is 16.4. The quantitative estimate of drug-likeness (QED) is 0.548. The normalized spacial score (nSPS) is 14.7. The Morgan fingerprint density at radius 2 is 1.37 bits per heavy atom. The average molecular weight is 366 g/mol. The number of hydrogen-bond acceptors (Lipinski definition) is 4. The van der Waals surface area contributed by atoms with E-state index in [1.165, 1.54) is 0 Å². The van der Waals surface area contributed by atoms with E-state index in [0.29, 0.717) is 37.3 Å². The molecule has 27 heavy (non-hydrogen) atoms. The Balaban J connectivity index is 1.64. The van der Waals surface area contributed by atoms with Gasteiger partial charge in [-0.2, -0.15) is 0 Å². The molecule has 0 atom stereocenters. The number of nitrogens with one attached hydrogen (secondary N) is 1. The molecule has 1 saturated heterocycles. The Bertz CT molecular complexity index is 839. The summed E-state index contributed by atoms with van der Waals surface area (Å²) in [6, 6.07) is 14.8. The Labute approximate surface area is 157 Å². The van der Waals surface area contributed by atoms with Gasteiger partial charge in [-0.1, -0.05) is 36.4 Å². The predicted octanol–water partition coefficient (Wildman–Crippen LogP) is 1.48. The Morgan fingerprint density at radius 1 is 0.889 bits per heavy atom. The maximum atomic E-state index is 12.6. The van der Waals surface area contributed by atoms with Crippen LogP contribution in [0.3, 0.4) is 0 Å². The number of nitrogens with zero attached hydrogens (tertiary/aromatic N) is 2. The van der Waals surface area contributed by atoms with Gasteiger partial charge in [0, 0.05) is 37.3 Å². The summed E-state index contributed by atoms with van der Waals surface area (Å²) in [5.41, 5.74) is 8.72. The summed E-state index contributed by atoms with van der Waals surface area (Å²) in [5.74, 6) is -0.851. The van der Waals surface area contributed by atoms with Crippen molar-refractivity contribution >= 4 is 17.7 Å². The van der Waals surface area contributed by atoms with Gasteiger partial charge in [0.25, 0.3) is 5.91 Å². The number of benzene rings is 2. The molecular weight excluding hydrogens is 344 g/mol. The molecule has 0 unspecified atom stereocenters. The lowest BCUT2D eigenvalue weighted by molar-refractivity contribution is -0.138. The molecule has 2 aromatic rings. The third-order valence-electron chi connectivity index (χ3n) is 4.68. The lowest BCUT2D eigenvalue weighted by Crippen LogP contribution is -2.49. The number of nitrogens with two attached hydrogens (primary N) is 1. The van der Waals surface area contributed by atoms with Crippen molar-refractivity contribution in [1.29, 1.82) is 5.41 Å². The first-order valence-corrected chi connectivity index (χ1v) is 8.72. The Morgan fingerprint density at radius 3 is 1.81 bits per heavy atom. The van der Waals surface area contributed by atoms with E-state index < -0.39 is 5.97 Å². The maximum absolute atomic E-state index is 12.6. The lowest BCUT2D eigenvalue weighted by Gasteiger charge is -2.33. The van der Waals surface area contributed by atoms with E-state index in [4.69, 9.17) is 16.2 Å². The molecule has 1 aliphatic heterocycles. The van der Waals surface area contributed by atoms with Crippen molar-refractivity contribution in [2.45, 2.75) is 0 Å². The van der Waals surface area contributed by atoms with Gasteiger partial charge in [0.1, 0.15) is 5.84 Å². The van der Waals surface area contributed by atoms with Crippen molar-refractivity contribution in [2.75, 3.05) is 32.7 Å². The van der Waals surface area contributed by atoms with Crippen molar-refractivity contribution < 1.29 is 14.7 Å². The summed E-state index contributed by atoms with van der Waals surface area (Å²) in [6.07, 6.45) is 0. The minimum Gasteiger partial charge on any atom is -0.480 e. The average Bonchev–Trinajstić information content (AvgIpc) is 2.68. The van der Waals surface area contributed by atoms with E-state index in [-0.39, 0.29) is 18.3 Å². The number of carboxylic acids is 1. The minimum atomic E-state index is -0.846. The Kier molecular flexibility index (Phi) is 5.52. The van der Waals surface area contributed by atoms with E-state index in [9.17, 15) is 9.59 Å². The van der Waals surface area contributed by atoms with Crippen molar-refractivity contribution in [3.8, 4) is 11.1 Å². The summed E-state index contributed by atoms with van der Waals surface area (Å²) >= 11 is 0. The molecule has 7 heteroatoms. The molecular formula is C20H22N4O3. The topological polar surface area (TPSA) is 111 Å². The molecule has 0 aromatic heterocycles. The number of amidine groups is 1. The number of aliphatic carboxylic acids is 1. The number of nitrogen functional groups attached to an aromatic ring is 1. The summed E-state index contributed by atoms with van der Waals surface area (Å²) in [5, 5.41) is 16.3. The van der Waals surface area contributed by atoms with E-state index in [1.54, 1.807) is 29.2 Å². The molecule has 4 N–H and O–H groups in total. The number of rotatable bonds is 5. The summed E-state index contributed by atoms with van der Waals surface area (Å²) in [7, 11) is 0. The highest BCUT2D eigenvalue weighted by Crippen LogP contribution is 2.21. The predicted molar refractivity (Wildman–Crippen MR) is 103 cm³/mol. The first-order chi connectivity index (χ1) is 12.9. The van der Waals surface area contributed by atoms with Gasteiger partial charge in [-0.3, -0.25) is 19.9 Å². The van der Waals surface area contributed by atoms with Crippen LogP contribution in [0.25, 0.3) is 11.1 Å². The monoisotopic (exact) mass is 366 g/mol.